The Morgan fingerprint density at radius 3 is 2.59 bits per heavy atom. The van der Waals surface area contributed by atoms with Gasteiger partial charge in [-0.25, -0.2) is 13.4 Å². The van der Waals surface area contributed by atoms with Crippen molar-refractivity contribution in [3.63, 3.8) is 0 Å². The van der Waals surface area contributed by atoms with Gasteiger partial charge in [0.05, 0.1) is 23.8 Å². The summed E-state index contributed by atoms with van der Waals surface area (Å²) in [6, 6.07) is 9.42. The molecule has 7 nitrogen and oxygen atoms in total. The minimum Gasteiger partial charge on any atom is -0.336 e. The van der Waals surface area contributed by atoms with Crippen LogP contribution < -0.4 is 4.90 Å². The van der Waals surface area contributed by atoms with Gasteiger partial charge in [-0.15, -0.1) is 0 Å². The Labute approximate surface area is 156 Å². The van der Waals surface area contributed by atoms with Crippen molar-refractivity contribution in [2.45, 2.75) is 28.6 Å². The molecule has 1 amide bonds. The van der Waals surface area contributed by atoms with E-state index in [1.165, 1.54) is 24.4 Å². The van der Waals surface area contributed by atoms with Crippen LogP contribution in [0.5, 0.6) is 0 Å². The number of sulfone groups is 1. The molecule has 3 heterocycles. The second-order valence-electron chi connectivity index (χ2n) is 7.02. The van der Waals surface area contributed by atoms with Crippen molar-refractivity contribution < 1.29 is 22.7 Å². The third kappa shape index (κ3) is 2.51. The molecule has 1 saturated heterocycles. The van der Waals surface area contributed by atoms with Gasteiger partial charge in [0.1, 0.15) is 0 Å². The number of nitrogens with zero attached hydrogens (tertiary/aromatic N) is 2. The van der Waals surface area contributed by atoms with E-state index in [-0.39, 0.29) is 15.8 Å². The van der Waals surface area contributed by atoms with Gasteiger partial charge in [0.15, 0.2) is 5.03 Å². The zero-order chi connectivity index (χ0) is 18.6. The van der Waals surface area contributed by atoms with E-state index in [9.17, 15) is 13.2 Å². The lowest BCUT2D eigenvalue weighted by Gasteiger charge is -2.22. The molecule has 3 aliphatic rings. The van der Waals surface area contributed by atoms with Crippen LogP contribution in [-0.4, -0.2) is 39.1 Å². The van der Waals surface area contributed by atoms with E-state index in [0.29, 0.717) is 36.9 Å². The van der Waals surface area contributed by atoms with Crippen molar-refractivity contribution in [1.29, 1.82) is 0 Å². The number of hydrogen-bond acceptors (Lipinski definition) is 6. The molecule has 1 saturated carbocycles. The topological polar surface area (TPSA) is 85.8 Å². The Morgan fingerprint density at radius 2 is 1.93 bits per heavy atom. The summed E-state index contributed by atoms with van der Waals surface area (Å²) in [6.45, 7) is 1.19. The number of rotatable bonds is 4. The van der Waals surface area contributed by atoms with Gasteiger partial charge in [-0.1, -0.05) is 6.07 Å². The number of carbonyl (C=O) groups excluding carboxylic acids is 1. The van der Waals surface area contributed by atoms with E-state index >= 15 is 0 Å². The van der Waals surface area contributed by atoms with E-state index in [4.69, 9.17) is 9.47 Å². The van der Waals surface area contributed by atoms with Crippen LogP contribution in [0.25, 0.3) is 0 Å². The van der Waals surface area contributed by atoms with Gasteiger partial charge >= 0.3 is 0 Å². The van der Waals surface area contributed by atoms with E-state index < -0.39 is 15.6 Å². The number of carbonyl (C=O) groups is 1. The number of ether oxygens (including phenoxy) is 2. The van der Waals surface area contributed by atoms with Crippen molar-refractivity contribution >= 4 is 21.4 Å². The van der Waals surface area contributed by atoms with Crippen LogP contribution in [0.15, 0.2) is 52.5 Å². The van der Waals surface area contributed by atoms with Crippen molar-refractivity contribution in [1.82, 2.24) is 4.98 Å². The molecule has 2 aliphatic heterocycles. The van der Waals surface area contributed by atoms with Crippen LogP contribution in [0.2, 0.25) is 0 Å². The Bertz CT molecular complexity index is 1010. The summed E-state index contributed by atoms with van der Waals surface area (Å²) in [5.41, 5.74) is 1.12. The van der Waals surface area contributed by atoms with Gasteiger partial charge < -0.3 is 14.4 Å². The first-order chi connectivity index (χ1) is 13.0. The molecule has 0 atom stereocenters. The molecule has 1 spiro atoms. The summed E-state index contributed by atoms with van der Waals surface area (Å²) < 4.78 is 37.3. The van der Waals surface area contributed by atoms with Gasteiger partial charge in [-0.05, 0) is 49.1 Å². The number of benzene rings is 1. The normalized spacial score (nSPS) is 21.0. The highest BCUT2D eigenvalue weighted by atomic mass is 32.2. The number of aromatic nitrogens is 1. The molecule has 2 aromatic rings. The van der Waals surface area contributed by atoms with E-state index in [1.807, 2.05) is 0 Å². The van der Waals surface area contributed by atoms with Crippen molar-refractivity contribution in [3.05, 3.63) is 48.2 Å². The molecule has 1 aliphatic carbocycles. The first-order valence-corrected chi connectivity index (χ1v) is 10.4. The number of amides is 1. The summed E-state index contributed by atoms with van der Waals surface area (Å²) in [7, 11) is -3.80. The highest BCUT2D eigenvalue weighted by Crippen LogP contribution is 2.48. The highest BCUT2D eigenvalue weighted by molar-refractivity contribution is 7.91. The quantitative estimate of drug-likeness (QED) is 0.797. The number of pyridine rings is 1. The predicted molar refractivity (Wildman–Crippen MR) is 94.8 cm³/mol. The molecule has 0 radical (unpaired) electrons. The third-order valence-corrected chi connectivity index (χ3v) is 6.86. The summed E-state index contributed by atoms with van der Waals surface area (Å²) >= 11 is 0. The average molecular weight is 386 g/mol. The maximum atomic E-state index is 13.1. The van der Waals surface area contributed by atoms with Gasteiger partial charge in [0.2, 0.25) is 9.84 Å². The molecule has 0 unspecified atom stereocenters. The Hall–Kier alpha value is -2.29. The van der Waals surface area contributed by atoms with E-state index in [2.05, 4.69) is 4.98 Å². The van der Waals surface area contributed by atoms with Crippen LogP contribution in [0.3, 0.4) is 0 Å². The zero-order valence-electron chi connectivity index (χ0n) is 14.5. The number of anilines is 1. The van der Waals surface area contributed by atoms with Crippen molar-refractivity contribution in [3.8, 4) is 0 Å². The average Bonchev–Trinajstić information content (AvgIpc) is 3.32. The first-order valence-electron chi connectivity index (χ1n) is 8.93. The second-order valence-corrected chi connectivity index (χ2v) is 8.92. The summed E-state index contributed by atoms with van der Waals surface area (Å²) in [5, 5.41) is -0.0357. The molecule has 140 valence electrons. The van der Waals surface area contributed by atoms with Crippen molar-refractivity contribution in [2.24, 2.45) is 5.92 Å². The monoisotopic (exact) mass is 386 g/mol. The molecule has 1 aromatic heterocycles. The number of hydrogen-bond donors (Lipinski definition) is 0. The Kier molecular flexibility index (Phi) is 3.65. The van der Waals surface area contributed by atoms with Gasteiger partial charge in [-0.2, -0.15) is 0 Å². The fourth-order valence-corrected chi connectivity index (χ4v) is 4.86. The van der Waals surface area contributed by atoms with Gasteiger partial charge in [-0.3, -0.25) is 4.79 Å². The smallest absolute Gasteiger partial charge is 0.292 e. The van der Waals surface area contributed by atoms with E-state index in [1.54, 1.807) is 23.1 Å². The fourth-order valence-electron chi connectivity index (χ4n) is 3.64. The highest BCUT2D eigenvalue weighted by Gasteiger charge is 2.56. The van der Waals surface area contributed by atoms with Crippen LogP contribution in [0.1, 0.15) is 18.4 Å². The van der Waals surface area contributed by atoms with Gasteiger partial charge in [0, 0.05) is 18.3 Å². The summed E-state index contributed by atoms with van der Waals surface area (Å²) in [6.07, 6.45) is 3.63. The maximum absolute atomic E-state index is 13.1. The molecule has 8 heteroatoms. The van der Waals surface area contributed by atoms with Crippen LogP contribution in [0, 0.1) is 5.92 Å². The lowest BCUT2D eigenvalue weighted by atomic mass is 10.1. The largest absolute Gasteiger partial charge is 0.336 e. The lowest BCUT2D eigenvalue weighted by molar-refractivity contribution is -0.180. The molecule has 27 heavy (non-hydrogen) atoms. The number of fused-ring (bicyclic) bond motifs is 2. The Morgan fingerprint density at radius 1 is 1.15 bits per heavy atom. The predicted octanol–water partition coefficient (Wildman–Crippen LogP) is 1.87. The molecule has 5 rings (SSSR count). The second kappa shape index (κ2) is 5.85. The van der Waals surface area contributed by atoms with Crippen LogP contribution in [0.4, 0.5) is 5.69 Å². The lowest BCUT2D eigenvalue weighted by Crippen LogP contribution is -2.42. The van der Waals surface area contributed by atoms with Crippen molar-refractivity contribution in [2.75, 3.05) is 24.7 Å². The fraction of sp³-hybridized carbons (Fsp3) is 0.368. The third-order valence-electron chi connectivity index (χ3n) is 5.20. The van der Waals surface area contributed by atoms with E-state index in [0.717, 1.165) is 12.8 Å². The first kappa shape index (κ1) is 16.9. The molecule has 0 bridgehead atoms. The SMILES string of the molecule is O=C1N(CC2CC2)c2ccc(S(=O)(=O)c3ccccn3)cc2C12OCCO2. The summed E-state index contributed by atoms with van der Waals surface area (Å²) in [5.74, 6) is -1.32. The molecular weight excluding hydrogens is 368 g/mol. The standard InChI is InChI=1S/C19H18N2O5S/c22-18-19(25-9-10-26-19)15-11-14(27(23,24)17-3-1-2-8-20-17)6-7-16(15)21(18)12-13-4-5-13/h1-3,6-8,11,13H,4-5,9-10,12H2. The minimum atomic E-state index is -3.80. The molecule has 2 fully saturated rings. The zero-order valence-corrected chi connectivity index (χ0v) is 15.3. The van der Waals surface area contributed by atoms with Gasteiger partial charge in [0.25, 0.3) is 11.7 Å². The maximum Gasteiger partial charge on any atom is 0.292 e. The van der Waals surface area contributed by atoms with Crippen LogP contribution in [-0.2, 0) is 29.9 Å². The Balaban J connectivity index is 1.63. The molecule has 1 aromatic carbocycles. The molecular formula is C19H18N2O5S. The minimum absolute atomic E-state index is 0.0357. The summed E-state index contributed by atoms with van der Waals surface area (Å²) in [4.78, 5) is 18.8. The molecule has 0 N–H and O–H groups in total. The van der Waals surface area contributed by atoms with Crippen LogP contribution >= 0.6 is 0 Å².